The number of anilines is 2. The molecule has 7 nitrogen and oxygen atoms in total. The predicted molar refractivity (Wildman–Crippen MR) is 103 cm³/mol. The Morgan fingerprint density at radius 2 is 2.04 bits per heavy atom. The van der Waals surface area contributed by atoms with Gasteiger partial charge in [0.05, 0.1) is 5.52 Å². The zero-order valence-electron chi connectivity index (χ0n) is 14.7. The molecule has 0 saturated carbocycles. The molecule has 0 saturated heterocycles. The highest BCUT2D eigenvalue weighted by Crippen LogP contribution is 2.28. The van der Waals surface area contributed by atoms with E-state index in [9.17, 15) is 0 Å². The van der Waals surface area contributed by atoms with Gasteiger partial charge < -0.3 is 15.0 Å². The number of hydrogen-bond donors (Lipinski definition) is 2. The lowest BCUT2D eigenvalue weighted by molar-refractivity contribution is 0.256. The number of ether oxygens (including phenoxy) is 1. The summed E-state index contributed by atoms with van der Waals surface area (Å²) < 4.78 is 5.83. The van der Waals surface area contributed by atoms with E-state index in [1.54, 1.807) is 12.4 Å². The highest BCUT2D eigenvalue weighted by atomic mass is 16.5. The quantitative estimate of drug-likeness (QED) is 0.557. The van der Waals surface area contributed by atoms with Crippen LogP contribution in [-0.4, -0.2) is 52.3 Å². The predicted octanol–water partition coefficient (Wildman–Crippen LogP) is 3.19. The molecule has 0 radical (unpaired) electrons. The van der Waals surface area contributed by atoms with Gasteiger partial charge >= 0.3 is 0 Å². The summed E-state index contributed by atoms with van der Waals surface area (Å²) in [4.78, 5) is 10.8. The van der Waals surface area contributed by atoms with Crippen LogP contribution in [0.4, 0.5) is 11.5 Å². The monoisotopic (exact) mass is 348 g/mol. The number of benzene rings is 1. The van der Waals surface area contributed by atoms with Crippen molar-refractivity contribution in [3.8, 4) is 5.88 Å². The summed E-state index contributed by atoms with van der Waals surface area (Å²) in [6.45, 7) is 1.45. The molecule has 0 spiro atoms. The van der Waals surface area contributed by atoms with E-state index in [0.29, 0.717) is 18.3 Å². The van der Waals surface area contributed by atoms with Crippen molar-refractivity contribution in [1.82, 2.24) is 25.1 Å². The highest BCUT2D eigenvalue weighted by Gasteiger charge is 2.09. The maximum Gasteiger partial charge on any atom is 0.221 e. The molecular formula is C19H20N6O. The number of hydrogen-bond acceptors (Lipinski definition) is 6. The van der Waals surface area contributed by atoms with Crippen LogP contribution >= 0.6 is 0 Å². The molecule has 2 N–H and O–H groups in total. The summed E-state index contributed by atoms with van der Waals surface area (Å²) in [5.41, 5.74) is 2.65. The molecule has 4 rings (SSSR count). The molecule has 0 aliphatic rings. The second-order valence-corrected chi connectivity index (χ2v) is 6.30. The zero-order valence-corrected chi connectivity index (χ0v) is 14.7. The van der Waals surface area contributed by atoms with Crippen molar-refractivity contribution in [1.29, 1.82) is 0 Å². The van der Waals surface area contributed by atoms with Gasteiger partial charge in [-0.15, -0.1) is 0 Å². The normalized spacial score (nSPS) is 11.3. The van der Waals surface area contributed by atoms with Crippen molar-refractivity contribution in [2.75, 3.05) is 32.6 Å². The molecule has 0 bridgehead atoms. The number of fused-ring (bicyclic) bond motifs is 2. The van der Waals surface area contributed by atoms with E-state index in [0.717, 1.165) is 34.0 Å². The van der Waals surface area contributed by atoms with Crippen LogP contribution in [0.1, 0.15) is 0 Å². The van der Waals surface area contributed by atoms with Crippen LogP contribution in [0.15, 0.2) is 48.8 Å². The largest absolute Gasteiger partial charge is 0.476 e. The minimum absolute atomic E-state index is 0.601. The Morgan fingerprint density at radius 3 is 2.92 bits per heavy atom. The molecule has 1 aromatic carbocycles. The Kier molecular flexibility index (Phi) is 4.37. The fourth-order valence-corrected chi connectivity index (χ4v) is 2.75. The first-order valence-corrected chi connectivity index (χ1v) is 8.43. The van der Waals surface area contributed by atoms with Gasteiger partial charge in [0.1, 0.15) is 12.1 Å². The van der Waals surface area contributed by atoms with Crippen LogP contribution in [0.5, 0.6) is 5.88 Å². The molecule has 0 unspecified atom stereocenters. The van der Waals surface area contributed by atoms with E-state index in [4.69, 9.17) is 4.74 Å². The summed E-state index contributed by atoms with van der Waals surface area (Å²) in [6, 6.07) is 11.9. The molecule has 0 fully saturated rings. The molecule has 0 amide bonds. The van der Waals surface area contributed by atoms with Crippen molar-refractivity contribution in [3.63, 3.8) is 0 Å². The van der Waals surface area contributed by atoms with Crippen molar-refractivity contribution in [3.05, 3.63) is 48.8 Å². The summed E-state index contributed by atoms with van der Waals surface area (Å²) in [6.07, 6.45) is 3.52. The summed E-state index contributed by atoms with van der Waals surface area (Å²) in [5.74, 6) is 1.36. The Morgan fingerprint density at radius 1 is 1.12 bits per heavy atom. The van der Waals surface area contributed by atoms with Crippen molar-refractivity contribution in [2.24, 2.45) is 0 Å². The average Bonchev–Trinajstić information content (AvgIpc) is 3.04. The van der Waals surface area contributed by atoms with Crippen molar-refractivity contribution in [2.45, 2.75) is 0 Å². The molecular weight excluding hydrogens is 328 g/mol. The maximum absolute atomic E-state index is 5.83. The van der Waals surface area contributed by atoms with Gasteiger partial charge in [-0.3, -0.25) is 10.1 Å². The lowest BCUT2D eigenvalue weighted by Gasteiger charge is -2.12. The summed E-state index contributed by atoms with van der Waals surface area (Å²) in [5, 5.41) is 12.6. The highest BCUT2D eigenvalue weighted by molar-refractivity contribution is 5.92. The second-order valence-electron chi connectivity index (χ2n) is 6.30. The maximum atomic E-state index is 5.83. The van der Waals surface area contributed by atoms with Gasteiger partial charge in [0, 0.05) is 30.0 Å². The topological polar surface area (TPSA) is 79.0 Å². The molecule has 0 aliphatic heterocycles. The number of nitrogens with zero attached hydrogens (tertiary/aromatic N) is 4. The molecule has 0 atom stereocenters. The third-order valence-corrected chi connectivity index (χ3v) is 4.09. The van der Waals surface area contributed by atoms with Crippen LogP contribution in [0.25, 0.3) is 21.8 Å². The molecule has 4 aromatic rings. The van der Waals surface area contributed by atoms with Crippen LogP contribution in [0.2, 0.25) is 0 Å². The van der Waals surface area contributed by atoms with E-state index in [1.165, 1.54) is 0 Å². The SMILES string of the molecule is CN(C)CCOc1nccc2cc(Nc3n[nH]c4cccnc34)ccc12. The van der Waals surface area contributed by atoms with E-state index in [2.05, 4.69) is 36.4 Å². The lowest BCUT2D eigenvalue weighted by Crippen LogP contribution is -2.19. The number of nitrogens with one attached hydrogen (secondary N) is 2. The van der Waals surface area contributed by atoms with Crippen LogP contribution in [0.3, 0.4) is 0 Å². The Balaban J connectivity index is 1.59. The van der Waals surface area contributed by atoms with Crippen LogP contribution < -0.4 is 10.1 Å². The first kappa shape index (κ1) is 16.3. The number of aromatic amines is 1. The lowest BCUT2D eigenvalue weighted by atomic mass is 10.1. The number of pyridine rings is 2. The molecule has 7 heteroatoms. The van der Waals surface area contributed by atoms with Gasteiger partial charge in [0.2, 0.25) is 5.88 Å². The third kappa shape index (κ3) is 3.29. The Bertz CT molecular complexity index is 1040. The smallest absolute Gasteiger partial charge is 0.221 e. The Labute approximate surface area is 151 Å². The average molecular weight is 348 g/mol. The molecule has 0 aliphatic carbocycles. The van der Waals surface area contributed by atoms with Gasteiger partial charge in [0.15, 0.2) is 5.82 Å². The second kappa shape index (κ2) is 6.97. The Hall–Kier alpha value is -3.19. The number of likely N-dealkylation sites (N-methyl/N-ethyl adjacent to an activating group) is 1. The standard InChI is InChI=1S/C19H20N6O/c1-25(2)10-11-26-19-15-6-5-14(12-13(15)7-9-21-19)22-18-17-16(23-24-18)4-3-8-20-17/h3-9,12H,10-11H2,1-2H3,(H2,22,23,24). The fourth-order valence-electron chi connectivity index (χ4n) is 2.75. The van der Waals surface area contributed by atoms with Crippen LogP contribution in [0, 0.1) is 0 Å². The van der Waals surface area contributed by atoms with Crippen LogP contribution in [-0.2, 0) is 0 Å². The first-order chi connectivity index (χ1) is 12.7. The third-order valence-electron chi connectivity index (χ3n) is 4.09. The van der Waals surface area contributed by atoms with Gasteiger partial charge in [-0.1, -0.05) is 0 Å². The van der Waals surface area contributed by atoms with Crippen molar-refractivity contribution >= 4 is 33.3 Å². The summed E-state index contributed by atoms with van der Waals surface area (Å²) in [7, 11) is 4.04. The van der Waals surface area contributed by atoms with E-state index in [1.807, 2.05) is 44.4 Å². The van der Waals surface area contributed by atoms with Gasteiger partial charge in [-0.2, -0.15) is 5.10 Å². The van der Waals surface area contributed by atoms with Gasteiger partial charge in [-0.05, 0) is 55.9 Å². The van der Waals surface area contributed by atoms with E-state index in [-0.39, 0.29) is 0 Å². The molecule has 26 heavy (non-hydrogen) atoms. The summed E-state index contributed by atoms with van der Waals surface area (Å²) >= 11 is 0. The van der Waals surface area contributed by atoms with E-state index < -0.39 is 0 Å². The number of rotatable bonds is 6. The minimum atomic E-state index is 0.601. The van der Waals surface area contributed by atoms with E-state index >= 15 is 0 Å². The number of H-pyrrole nitrogens is 1. The fraction of sp³-hybridized carbons (Fsp3) is 0.211. The number of aromatic nitrogens is 4. The first-order valence-electron chi connectivity index (χ1n) is 8.43. The van der Waals surface area contributed by atoms with Crippen molar-refractivity contribution < 1.29 is 4.74 Å². The minimum Gasteiger partial charge on any atom is -0.476 e. The van der Waals surface area contributed by atoms with Gasteiger partial charge in [-0.25, -0.2) is 4.98 Å². The van der Waals surface area contributed by atoms with Gasteiger partial charge in [0.25, 0.3) is 0 Å². The molecule has 3 heterocycles. The molecule has 3 aromatic heterocycles. The molecule has 132 valence electrons. The zero-order chi connectivity index (χ0) is 17.9.